The molecule has 100 valence electrons. The van der Waals surface area contributed by atoms with Crippen LogP contribution in [0.1, 0.15) is 20.8 Å². The smallest absolute Gasteiger partial charge is 0.410 e. The first-order valence-corrected chi connectivity index (χ1v) is 6.35. The van der Waals surface area contributed by atoms with Crippen LogP contribution in [-0.4, -0.2) is 47.2 Å². The SMILES string of the molecule is CC(C)(C)OC(=O)N1CC(OC(F)(F)CBr)C1. The van der Waals surface area contributed by atoms with Gasteiger partial charge in [0.1, 0.15) is 5.60 Å². The molecule has 0 saturated carbocycles. The van der Waals surface area contributed by atoms with E-state index in [9.17, 15) is 13.6 Å². The molecule has 1 fully saturated rings. The Kier molecular flexibility index (Phi) is 4.35. The standard InChI is InChI=1S/C10H16BrF2NO3/c1-9(2,3)17-8(15)14-4-7(5-14)16-10(12,13)6-11/h7H,4-6H2,1-3H3. The summed E-state index contributed by atoms with van der Waals surface area (Å²) in [5, 5.41) is -0.553. The van der Waals surface area contributed by atoms with Crippen molar-refractivity contribution in [1.82, 2.24) is 4.90 Å². The number of ether oxygens (including phenoxy) is 2. The Balaban J connectivity index is 2.30. The monoisotopic (exact) mass is 315 g/mol. The Morgan fingerprint density at radius 1 is 1.41 bits per heavy atom. The third-order valence-electron chi connectivity index (χ3n) is 1.99. The lowest BCUT2D eigenvalue weighted by atomic mass is 10.2. The quantitative estimate of drug-likeness (QED) is 0.751. The van der Waals surface area contributed by atoms with Crippen molar-refractivity contribution in [3.63, 3.8) is 0 Å². The van der Waals surface area contributed by atoms with Crippen LogP contribution in [0.25, 0.3) is 0 Å². The highest BCUT2D eigenvalue weighted by atomic mass is 79.9. The van der Waals surface area contributed by atoms with Gasteiger partial charge in [0.2, 0.25) is 0 Å². The number of likely N-dealkylation sites (tertiary alicyclic amines) is 1. The van der Waals surface area contributed by atoms with Crippen LogP contribution in [0, 0.1) is 0 Å². The molecule has 0 aromatic rings. The fraction of sp³-hybridized carbons (Fsp3) is 0.900. The van der Waals surface area contributed by atoms with Crippen LogP contribution in [0.2, 0.25) is 0 Å². The van der Waals surface area contributed by atoms with E-state index >= 15 is 0 Å². The summed E-state index contributed by atoms with van der Waals surface area (Å²) in [5.74, 6) is 0. The molecule has 0 aromatic carbocycles. The normalized spacial score (nSPS) is 17.9. The second-order valence-corrected chi connectivity index (χ2v) is 5.46. The maximum atomic E-state index is 12.8. The molecule has 1 saturated heterocycles. The first-order valence-electron chi connectivity index (χ1n) is 5.22. The minimum atomic E-state index is -3.19. The molecule has 1 heterocycles. The molecule has 0 unspecified atom stereocenters. The fourth-order valence-electron chi connectivity index (χ4n) is 1.26. The molecule has 1 rings (SSSR count). The molecule has 0 N–H and O–H groups in total. The molecular formula is C10H16BrF2NO3. The zero-order valence-corrected chi connectivity index (χ0v) is 11.6. The van der Waals surface area contributed by atoms with Gasteiger partial charge in [-0.25, -0.2) is 4.79 Å². The van der Waals surface area contributed by atoms with Gasteiger partial charge in [-0.1, -0.05) is 15.9 Å². The summed E-state index contributed by atoms with van der Waals surface area (Å²) in [4.78, 5) is 12.8. The highest BCUT2D eigenvalue weighted by molar-refractivity contribution is 9.09. The first-order chi connectivity index (χ1) is 7.63. The van der Waals surface area contributed by atoms with Gasteiger partial charge in [0.05, 0.1) is 24.5 Å². The Hall–Kier alpha value is -0.430. The van der Waals surface area contributed by atoms with Gasteiger partial charge in [-0.3, -0.25) is 0 Å². The summed E-state index contributed by atoms with van der Waals surface area (Å²) in [6.07, 6.45) is -4.32. The summed E-state index contributed by atoms with van der Waals surface area (Å²) in [6, 6.07) is 0. The van der Waals surface area contributed by atoms with E-state index in [1.54, 1.807) is 20.8 Å². The van der Waals surface area contributed by atoms with E-state index in [1.807, 2.05) is 0 Å². The summed E-state index contributed by atoms with van der Waals surface area (Å²) in [7, 11) is 0. The Morgan fingerprint density at radius 2 is 1.94 bits per heavy atom. The number of nitrogens with zero attached hydrogens (tertiary/aromatic N) is 1. The average molecular weight is 316 g/mol. The third-order valence-corrected chi connectivity index (χ3v) is 2.65. The van der Waals surface area contributed by atoms with E-state index in [0.717, 1.165) is 0 Å². The molecule has 0 aliphatic carbocycles. The number of hydrogen-bond acceptors (Lipinski definition) is 3. The van der Waals surface area contributed by atoms with Crippen molar-refractivity contribution in [2.75, 3.05) is 18.4 Å². The zero-order chi connectivity index (χ0) is 13.3. The number of carbonyl (C=O) groups is 1. The zero-order valence-electron chi connectivity index (χ0n) is 10.0. The number of halogens is 3. The van der Waals surface area contributed by atoms with Crippen LogP contribution < -0.4 is 0 Å². The third kappa shape index (κ3) is 4.75. The second kappa shape index (κ2) is 5.06. The van der Waals surface area contributed by atoms with Crippen LogP contribution >= 0.6 is 15.9 Å². The van der Waals surface area contributed by atoms with Crippen molar-refractivity contribution in [2.24, 2.45) is 0 Å². The predicted octanol–water partition coefficient (Wildman–Crippen LogP) is 2.61. The molecule has 17 heavy (non-hydrogen) atoms. The number of hydrogen-bond donors (Lipinski definition) is 0. The van der Waals surface area contributed by atoms with Gasteiger partial charge >= 0.3 is 12.2 Å². The fourth-order valence-corrected chi connectivity index (χ4v) is 1.40. The van der Waals surface area contributed by atoms with E-state index in [4.69, 9.17) is 4.74 Å². The number of rotatable bonds is 3. The van der Waals surface area contributed by atoms with Crippen molar-refractivity contribution >= 4 is 22.0 Å². The van der Waals surface area contributed by atoms with Gasteiger partial charge < -0.3 is 14.4 Å². The molecule has 1 aliphatic rings. The Labute approximate surface area is 107 Å². The lowest BCUT2D eigenvalue weighted by Crippen LogP contribution is -2.57. The molecule has 0 radical (unpaired) electrons. The Morgan fingerprint density at radius 3 is 2.35 bits per heavy atom. The topological polar surface area (TPSA) is 38.8 Å². The minimum absolute atomic E-state index is 0.136. The molecule has 7 heteroatoms. The number of amides is 1. The van der Waals surface area contributed by atoms with Gasteiger partial charge in [-0.2, -0.15) is 8.78 Å². The van der Waals surface area contributed by atoms with Crippen molar-refractivity contribution in [2.45, 2.75) is 38.6 Å². The van der Waals surface area contributed by atoms with E-state index in [-0.39, 0.29) is 13.1 Å². The maximum absolute atomic E-state index is 12.8. The summed E-state index contributed by atoms with van der Waals surface area (Å²) in [6.45, 7) is 5.52. The van der Waals surface area contributed by atoms with Crippen molar-refractivity contribution in [1.29, 1.82) is 0 Å². The Bertz CT molecular complexity index is 288. The highest BCUT2D eigenvalue weighted by Gasteiger charge is 2.40. The van der Waals surface area contributed by atoms with E-state index < -0.39 is 29.2 Å². The molecule has 1 aliphatic heterocycles. The van der Waals surface area contributed by atoms with Crippen LogP contribution in [0.4, 0.5) is 13.6 Å². The maximum Gasteiger partial charge on any atom is 0.410 e. The number of carbonyl (C=O) groups excluding carboxylic acids is 1. The molecule has 0 aromatic heterocycles. The van der Waals surface area contributed by atoms with Gasteiger partial charge in [0, 0.05) is 0 Å². The molecule has 0 bridgehead atoms. The largest absolute Gasteiger partial charge is 0.444 e. The summed E-state index contributed by atoms with van der Waals surface area (Å²) >= 11 is 2.66. The summed E-state index contributed by atoms with van der Waals surface area (Å²) < 4.78 is 35.2. The van der Waals surface area contributed by atoms with E-state index in [2.05, 4.69) is 20.7 Å². The van der Waals surface area contributed by atoms with Gasteiger partial charge in [0.25, 0.3) is 0 Å². The molecule has 0 atom stereocenters. The first kappa shape index (κ1) is 14.6. The van der Waals surface area contributed by atoms with Crippen LogP contribution in [0.5, 0.6) is 0 Å². The second-order valence-electron chi connectivity index (χ2n) is 4.90. The lowest BCUT2D eigenvalue weighted by molar-refractivity contribution is -0.263. The average Bonchev–Trinajstić information content (AvgIpc) is 2.07. The van der Waals surface area contributed by atoms with Crippen LogP contribution in [-0.2, 0) is 9.47 Å². The number of alkyl halides is 3. The van der Waals surface area contributed by atoms with Crippen LogP contribution in [0.15, 0.2) is 0 Å². The van der Waals surface area contributed by atoms with E-state index in [0.29, 0.717) is 0 Å². The van der Waals surface area contributed by atoms with Gasteiger partial charge in [-0.05, 0) is 20.8 Å². The van der Waals surface area contributed by atoms with Crippen molar-refractivity contribution in [3.8, 4) is 0 Å². The van der Waals surface area contributed by atoms with E-state index in [1.165, 1.54) is 4.90 Å². The lowest BCUT2D eigenvalue weighted by Gasteiger charge is -2.40. The van der Waals surface area contributed by atoms with Gasteiger partial charge in [-0.15, -0.1) is 0 Å². The molecule has 1 amide bonds. The molecule has 4 nitrogen and oxygen atoms in total. The predicted molar refractivity (Wildman–Crippen MR) is 61.4 cm³/mol. The van der Waals surface area contributed by atoms with Crippen molar-refractivity contribution < 1.29 is 23.0 Å². The van der Waals surface area contributed by atoms with Crippen LogP contribution in [0.3, 0.4) is 0 Å². The van der Waals surface area contributed by atoms with Gasteiger partial charge in [0.15, 0.2) is 0 Å². The molecular weight excluding hydrogens is 300 g/mol. The molecule has 0 spiro atoms. The highest BCUT2D eigenvalue weighted by Crippen LogP contribution is 2.25. The minimum Gasteiger partial charge on any atom is -0.444 e. The van der Waals surface area contributed by atoms with Crippen molar-refractivity contribution in [3.05, 3.63) is 0 Å². The summed E-state index contributed by atoms with van der Waals surface area (Å²) in [5.41, 5.74) is -0.581.